The van der Waals surface area contributed by atoms with Crippen LogP contribution in [0.3, 0.4) is 0 Å². The number of para-hydroxylation sites is 1. The monoisotopic (exact) mass is 277 g/mol. The summed E-state index contributed by atoms with van der Waals surface area (Å²) in [6.07, 6.45) is 0. The molecule has 4 rings (SSSR count). The van der Waals surface area contributed by atoms with Gasteiger partial charge in [-0.3, -0.25) is 4.79 Å². The molecule has 104 valence electrons. The molecule has 0 saturated heterocycles. The fraction of sp³-hybridized carbons (Fsp3) is 0.176. The van der Waals surface area contributed by atoms with Gasteiger partial charge >= 0.3 is 0 Å². The Morgan fingerprint density at radius 2 is 2.10 bits per heavy atom. The quantitative estimate of drug-likeness (QED) is 0.580. The summed E-state index contributed by atoms with van der Waals surface area (Å²) in [5, 5.41) is 1.10. The van der Waals surface area contributed by atoms with Crippen LogP contribution in [0, 0.1) is 6.92 Å². The Labute approximate surface area is 121 Å². The highest BCUT2D eigenvalue weighted by atomic mass is 16.1. The van der Waals surface area contributed by atoms with E-state index in [0.717, 1.165) is 33.4 Å². The zero-order valence-electron chi connectivity index (χ0n) is 11.8. The van der Waals surface area contributed by atoms with Gasteiger partial charge in [0.05, 0.1) is 23.4 Å². The maximum Gasteiger partial charge on any atom is 0.256 e. The predicted octanol–water partition coefficient (Wildman–Crippen LogP) is 2.19. The van der Waals surface area contributed by atoms with E-state index >= 15 is 0 Å². The van der Waals surface area contributed by atoms with Crippen LogP contribution in [0.15, 0.2) is 41.2 Å². The van der Waals surface area contributed by atoms with Crippen LogP contribution in [-0.4, -0.2) is 9.55 Å². The lowest BCUT2D eigenvalue weighted by Crippen LogP contribution is -2.25. The lowest BCUT2D eigenvalue weighted by atomic mass is 10.1. The van der Waals surface area contributed by atoms with Gasteiger partial charge in [-0.1, -0.05) is 18.2 Å². The molecule has 1 aromatic carbocycles. The van der Waals surface area contributed by atoms with Crippen molar-refractivity contribution in [3.8, 4) is 11.4 Å². The van der Waals surface area contributed by atoms with E-state index in [-0.39, 0.29) is 12.1 Å². The van der Waals surface area contributed by atoms with Crippen molar-refractivity contribution < 1.29 is 0 Å². The normalized spacial score (nSPS) is 12.5. The molecule has 0 fully saturated rings. The van der Waals surface area contributed by atoms with E-state index < -0.39 is 0 Å². The van der Waals surface area contributed by atoms with Gasteiger partial charge in [-0.05, 0) is 30.7 Å². The molecule has 1 aliphatic heterocycles. The number of rotatable bonds is 1. The smallest absolute Gasteiger partial charge is 0.256 e. The molecule has 0 aliphatic carbocycles. The molecule has 0 radical (unpaired) electrons. The zero-order valence-corrected chi connectivity index (χ0v) is 11.8. The maximum absolute atomic E-state index is 12.5. The van der Waals surface area contributed by atoms with Crippen LogP contribution in [0.1, 0.15) is 16.7 Å². The summed E-state index contributed by atoms with van der Waals surface area (Å²) in [6, 6.07) is 12.2. The highest BCUT2D eigenvalue weighted by molar-refractivity contribution is 5.83. The van der Waals surface area contributed by atoms with Crippen molar-refractivity contribution in [2.45, 2.75) is 20.0 Å². The molecule has 21 heavy (non-hydrogen) atoms. The van der Waals surface area contributed by atoms with Gasteiger partial charge in [-0.2, -0.15) is 0 Å². The summed E-state index contributed by atoms with van der Waals surface area (Å²) < 4.78 is 1.78. The van der Waals surface area contributed by atoms with Gasteiger partial charge in [-0.25, -0.2) is 4.98 Å². The van der Waals surface area contributed by atoms with Gasteiger partial charge in [0.1, 0.15) is 0 Å². The number of hydrogen-bond donors (Lipinski definition) is 1. The summed E-state index contributed by atoms with van der Waals surface area (Å²) in [6.45, 7) is 2.79. The van der Waals surface area contributed by atoms with E-state index in [4.69, 9.17) is 10.7 Å². The minimum atomic E-state index is 0.00885. The summed E-state index contributed by atoms with van der Waals surface area (Å²) in [5.74, 6) is 0. The van der Waals surface area contributed by atoms with Gasteiger partial charge in [-0.15, -0.1) is 0 Å². The fourth-order valence-corrected chi connectivity index (χ4v) is 3.08. The molecule has 2 N–H and O–H groups in total. The third kappa shape index (κ3) is 1.66. The van der Waals surface area contributed by atoms with E-state index in [1.54, 1.807) is 4.57 Å². The highest BCUT2D eigenvalue weighted by Gasteiger charge is 2.23. The van der Waals surface area contributed by atoms with Gasteiger partial charge in [0.25, 0.3) is 5.56 Å². The Morgan fingerprint density at radius 1 is 1.29 bits per heavy atom. The Bertz CT molecular complexity index is 941. The zero-order chi connectivity index (χ0) is 14.6. The third-order valence-corrected chi connectivity index (χ3v) is 4.20. The van der Waals surface area contributed by atoms with E-state index in [9.17, 15) is 4.79 Å². The molecule has 2 aromatic heterocycles. The number of nitrogens with zero attached hydrogens (tertiary/aromatic N) is 2. The van der Waals surface area contributed by atoms with E-state index in [0.29, 0.717) is 12.1 Å². The number of nitrogens with two attached hydrogens (primary N) is 1. The van der Waals surface area contributed by atoms with Crippen molar-refractivity contribution >= 4 is 10.9 Å². The summed E-state index contributed by atoms with van der Waals surface area (Å²) in [4.78, 5) is 17.3. The Morgan fingerprint density at radius 3 is 2.90 bits per heavy atom. The number of fused-ring (bicyclic) bond motifs is 4. The van der Waals surface area contributed by atoms with Gasteiger partial charge in [0, 0.05) is 23.1 Å². The minimum Gasteiger partial charge on any atom is -0.326 e. The van der Waals surface area contributed by atoms with Gasteiger partial charge < -0.3 is 10.3 Å². The first-order valence-electron chi connectivity index (χ1n) is 7.01. The molecular weight excluding hydrogens is 262 g/mol. The lowest BCUT2D eigenvalue weighted by molar-refractivity contribution is 0.779. The van der Waals surface area contributed by atoms with Crippen molar-refractivity contribution in [3.05, 3.63) is 63.4 Å². The fourth-order valence-electron chi connectivity index (χ4n) is 3.08. The summed E-state index contributed by atoms with van der Waals surface area (Å²) in [7, 11) is 0. The standard InChI is InChI=1S/C17H15N3O/c1-10-6-15-16-12(9-20(15)17(21)13(10)8-18)7-11-4-2-3-5-14(11)19-16/h2-7H,8-9,18H2,1H3. The molecule has 0 atom stereocenters. The first-order chi connectivity index (χ1) is 10.2. The number of aromatic nitrogens is 2. The molecule has 0 amide bonds. The van der Waals surface area contributed by atoms with Crippen LogP contribution in [0.5, 0.6) is 0 Å². The van der Waals surface area contributed by atoms with Crippen LogP contribution >= 0.6 is 0 Å². The second-order valence-corrected chi connectivity index (χ2v) is 5.48. The molecule has 0 saturated carbocycles. The molecule has 4 heteroatoms. The highest BCUT2D eigenvalue weighted by Crippen LogP contribution is 2.32. The van der Waals surface area contributed by atoms with Crippen LogP contribution in [-0.2, 0) is 13.1 Å². The van der Waals surface area contributed by atoms with Crippen molar-refractivity contribution in [3.63, 3.8) is 0 Å². The Kier molecular flexibility index (Phi) is 2.50. The number of hydrogen-bond acceptors (Lipinski definition) is 3. The van der Waals surface area contributed by atoms with Crippen LogP contribution in [0.25, 0.3) is 22.3 Å². The van der Waals surface area contributed by atoms with Crippen molar-refractivity contribution in [1.29, 1.82) is 0 Å². The van der Waals surface area contributed by atoms with Crippen molar-refractivity contribution in [2.75, 3.05) is 0 Å². The van der Waals surface area contributed by atoms with Gasteiger partial charge in [0.2, 0.25) is 0 Å². The van der Waals surface area contributed by atoms with E-state index in [2.05, 4.69) is 6.07 Å². The largest absolute Gasteiger partial charge is 0.326 e. The molecule has 3 aromatic rings. The van der Waals surface area contributed by atoms with E-state index in [1.165, 1.54) is 0 Å². The second kappa shape index (κ2) is 4.27. The average molecular weight is 277 g/mol. The topological polar surface area (TPSA) is 60.9 Å². The summed E-state index contributed by atoms with van der Waals surface area (Å²) >= 11 is 0. The number of aryl methyl sites for hydroxylation is 1. The van der Waals surface area contributed by atoms with Gasteiger partial charge in [0.15, 0.2) is 0 Å². The molecule has 0 unspecified atom stereocenters. The molecule has 4 nitrogen and oxygen atoms in total. The van der Waals surface area contributed by atoms with Crippen molar-refractivity contribution in [1.82, 2.24) is 9.55 Å². The Balaban J connectivity index is 2.04. The predicted molar refractivity (Wildman–Crippen MR) is 83.2 cm³/mol. The average Bonchev–Trinajstić information content (AvgIpc) is 2.83. The molecule has 0 bridgehead atoms. The first-order valence-corrected chi connectivity index (χ1v) is 7.01. The number of benzene rings is 1. The van der Waals surface area contributed by atoms with E-state index in [1.807, 2.05) is 37.3 Å². The molecule has 3 heterocycles. The third-order valence-electron chi connectivity index (χ3n) is 4.20. The lowest BCUT2D eigenvalue weighted by Gasteiger charge is -2.08. The Hall–Kier alpha value is -2.46. The maximum atomic E-state index is 12.5. The summed E-state index contributed by atoms with van der Waals surface area (Å²) in [5.41, 5.74) is 11.2. The minimum absolute atomic E-state index is 0.00885. The number of pyridine rings is 2. The van der Waals surface area contributed by atoms with Crippen LogP contribution in [0.2, 0.25) is 0 Å². The molecule has 1 aliphatic rings. The van der Waals surface area contributed by atoms with Crippen LogP contribution in [0.4, 0.5) is 0 Å². The second-order valence-electron chi connectivity index (χ2n) is 5.48. The molecular formula is C17H15N3O. The SMILES string of the molecule is Cc1cc2n(c(=O)c1CN)Cc1cc3ccccc3nc1-2. The van der Waals surface area contributed by atoms with Crippen LogP contribution < -0.4 is 11.3 Å². The van der Waals surface area contributed by atoms with Crippen molar-refractivity contribution in [2.24, 2.45) is 5.73 Å². The molecule has 0 spiro atoms. The first kappa shape index (κ1) is 12.3.